The normalized spacial score (nSPS) is 12.8. The van der Waals surface area contributed by atoms with Gasteiger partial charge in [0.15, 0.2) is 5.96 Å². The molecule has 0 spiro atoms. The van der Waals surface area contributed by atoms with Gasteiger partial charge in [-0.2, -0.15) is 0 Å². The highest BCUT2D eigenvalue weighted by Gasteiger charge is 2.01. The summed E-state index contributed by atoms with van der Waals surface area (Å²) in [6.07, 6.45) is 1.99. The summed E-state index contributed by atoms with van der Waals surface area (Å²) in [4.78, 5) is 4.57. The van der Waals surface area contributed by atoms with Crippen LogP contribution < -0.4 is 15.4 Å². The molecule has 1 aromatic carbocycles. The van der Waals surface area contributed by atoms with Crippen molar-refractivity contribution in [3.63, 3.8) is 0 Å². The second-order valence-electron chi connectivity index (χ2n) is 5.47. The van der Waals surface area contributed by atoms with Gasteiger partial charge in [-0.15, -0.1) is 0 Å². The third-order valence-corrected chi connectivity index (χ3v) is 3.48. The van der Waals surface area contributed by atoms with Gasteiger partial charge >= 0.3 is 0 Å². The topological polar surface area (TPSA) is 54.9 Å². The van der Waals surface area contributed by atoms with E-state index in [9.17, 15) is 0 Å². The van der Waals surface area contributed by atoms with Crippen molar-refractivity contribution in [3.05, 3.63) is 29.8 Å². The van der Waals surface area contributed by atoms with Crippen LogP contribution in [0, 0.1) is 0 Å². The molecule has 5 nitrogen and oxygen atoms in total. The van der Waals surface area contributed by atoms with E-state index in [4.69, 9.17) is 9.47 Å². The molecule has 0 aliphatic rings. The SMILES string of the molecule is CCNC(=NCCCOCc1ccc(OC)cc1)NC(C)CC. The molecule has 2 N–H and O–H groups in total. The molecule has 0 radical (unpaired) electrons. The number of methoxy groups -OCH3 is 1. The molecule has 0 saturated carbocycles. The standard InChI is InChI=1S/C18H31N3O2/c1-5-15(3)21-18(19-6-2)20-12-7-13-23-14-16-8-10-17(22-4)11-9-16/h8-11,15H,5-7,12-14H2,1-4H3,(H2,19,20,21). The minimum atomic E-state index is 0.430. The van der Waals surface area contributed by atoms with Crippen molar-refractivity contribution in [1.82, 2.24) is 10.6 Å². The van der Waals surface area contributed by atoms with Gasteiger partial charge in [0.1, 0.15) is 5.75 Å². The number of ether oxygens (including phenoxy) is 2. The molecule has 23 heavy (non-hydrogen) atoms. The summed E-state index contributed by atoms with van der Waals surface area (Å²) in [5, 5.41) is 6.64. The molecule has 1 atom stereocenters. The Hall–Kier alpha value is -1.75. The second-order valence-corrected chi connectivity index (χ2v) is 5.47. The lowest BCUT2D eigenvalue weighted by Crippen LogP contribution is -2.42. The van der Waals surface area contributed by atoms with Gasteiger partial charge in [0.2, 0.25) is 0 Å². The molecule has 0 heterocycles. The van der Waals surface area contributed by atoms with Crippen LogP contribution in [0.5, 0.6) is 5.75 Å². The zero-order chi connectivity index (χ0) is 16.9. The van der Waals surface area contributed by atoms with Crippen molar-refractivity contribution in [2.45, 2.75) is 46.3 Å². The number of hydrogen-bond donors (Lipinski definition) is 2. The van der Waals surface area contributed by atoms with E-state index in [0.717, 1.165) is 43.2 Å². The zero-order valence-corrected chi connectivity index (χ0v) is 14.9. The van der Waals surface area contributed by atoms with E-state index >= 15 is 0 Å². The molecule has 0 fully saturated rings. The summed E-state index contributed by atoms with van der Waals surface area (Å²) in [5.41, 5.74) is 1.15. The first-order valence-corrected chi connectivity index (χ1v) is 8.45. The number of aliphatic imine (C=N–C) groups is 1. The lowest BCUT2D eigenvalue weighted by Gasteiger charge is -2.16. The Bertz CT molecular complexity index is 446. The Morgan fingerprint density at radius 1 is 1.22 bits per heavy atom. The van der Waals surface area contributed by atoms with Crippen LogP contribution >= 0.6 is 0 Å². The van der Waals surface area contributed by atoms with E-state index in [0.29, 0.717) is 19.3 Å². The molecular weight excluding hydrogens is 290 g/mol. The minimum Gasteiger partial charge on any atom is -0.497 e. The monoisotopic (exact) mass is 321 g/mol. The molecule has 1 aromatic rings. The maximum absolute atomic E-state index is 5.69. The van der Waals surface area contributed by atoms with Gasteiger partial charge in [0.25, 0.3) is 0 Å². The maximum Gasteiger partial charge on any atom is 0.191 e. The van der Waals surface area contributed by atoms with Gasteiger partial charge in [0.05, 0.1) is 13.7 Å². The van der Waals surface area contributed by atoms with Crippen LogP contribution in [0.4, 0.5) is 0 Å². The highest BCUT2D eigenvalue weighted by molar-refractivity contribution is 5.79. The predicted molar refractivity (Wildman–Crippen MR) is 96.1 cm³/mol. The highest BCUT2D eigenvalue weighted by Crippen LogP contribution is 2.11. The van der Waals surface area contributed by atoms with Crippen LogP contribution in [0.1, 0.15) is 39.2 Å². The van der Waals surface area contributed by atoms with Gasteiger partial charge in [-0.3, -0.25) is 4.99 Å². The van der Waals surface area contributed by atoms with E-state index in [2.05, 4.69) is 36.4 Å². The average molecular weight is 321 g/mol. The van der Waals surface area contributed by atoms with Crippen molar-refractivity contribution in [2.24, 2.45) is 4.99 Å². The Labute approximate surface area is 140 Å². The number of rotatable bonds is 10. The average Bonchev–Trinajstić information content (AvgIpc) is 2.58. The van der Waals surface area contributed by atoms with Gasteiger partial charge in [-0.25, -0.2) is 0 Å². The number of benzene rings is 1. The smallest absolute Gasteiger partial charge is 0.191 e. The highest BCUT2D eigenvalue weighted by atomic mass is 16.5. The predicted octanol–water partition coefficient (Wildman–Crippen LogP) is 2.96. The van der Waals surface area contributed by atoms with Gasteiger partial charge < -0.3 is 20.1 Å². The van der Waals surface area contributed by atoms with Crippen LogP contribution in [-0.4, -0.2) is 38.8 Å². The molecule has 0 aliphatic heterocycles. The summed E-state index contributed by atoms with van der Waals surface area (Å²) in [7, 11) is 1.67. The van der Waals surface area contributed by atoms with E-state index in [1.165, 1.54) is 0 Å². The van der Waals surface area contributed by atoms with E-state index in [-0.39, 0.29) is 0 Å². The van der Waals surface area contributed by atoms with Crippen LogP contribution in [0.25, 0.3) is 0 Å². The molecule has 0 bridgehead atoms. The molecule has 1 unspecified atom stereocenters. The molecule has 0 aromatic heterocycles. The van der Waals surface area contributed by atoms with Gasteiger partial charge in [-0.1, -0.05) is 19.1 Å². The lowest BCUT2D eigenvalue weighted by atomic mass is 10.2. The fourth-order valence-electron chi connectivity index (χ4n) is 1.92. The van der Waals surface area contributed by atoms with Crippen molar-refractivity contribution in [3.8, 4) is 5.75 Å². The van der Waals surface area contributed by atoms with Crippen molar-refractivity contribution in [1.29, 1.82) is 0 Å². The van der Waals surface area contributed by atoms with Crippen LogP contribution in [0.2, 0.25) is 0 Å². The summed E-state index contributed by atoms with van der Waals surface area (Å²) >= 11 is 0. The number of nitrogens with one attached hydrogen (secondary N) is 2. The Morgan fingerprint density at radius 2 is 1.96 bits per heavy atom. The Kier molecular flexibility index (Phi) is 9.87. The molecular formula is C18H31N3O2. The lowest BCUT2D eigenvalue weighted by molar-refractivity contribution is 0.120. The third-order valence-electron chi connectivity index (χ3n) is 3.48. The van der Waals surface area contributed by atoms with Crippen LogP contribution in [-0.2, 0) is 11.3 Å². The first-order chi connectivity index (χ1) is 11.2. The minimum absolute atomic E-state index is 0.430. The van der Waals surface area contributed by atoms with Gasteiger partial charge in [-0.05, 0) is 44.4 Å². The first kappa shape index (κ1) is 19.3. The summed E-state index contributed by atoms with van der Waals surface area (Å²) in [6.45, 7) is 9.35. The summed E-state index contributed by atoms with van der Waals surface area (Å²) < 4.78 is 10.8. The molecule has 1 rings (SSSR count). The molecule has 0 aliphatic carbocycles. The molecule has 5 heteroatoms. The molecule has 0 amide bonds. The summed E-state index contributed by atoms with van der Waals surface area (Å²) in [6, 6.07) is 8.38. The fourth-order valence-corrected chi connectivity index (χ4v) is 1.92. The molecule has 130 valence electrons. The largest absolute Gasteiger partial charge is 0.497 e. The Balaban J connectivity index is 2.22. The van der Waals surface area contributed by atoms with E-state index in [1.54, 1.807) is 7.11 Å². The van der Waals surface area contributed by atoms with Gasteiger partial charge in [0, 0.05) is 25.7 Å². The number of nitrogens with zero attached hydrogens (tertiary/aromatic N) is 1. The molecule has 0 saturated heterocycles. The Morgan fingerprint density at radius 3 is 2.57 bits per heavy atom. The van der Waals surface area contributed by atoms with E-state index < -0.39 is 0 Å². The first-order valence-electron chi connectivity index (χ1n) is 8.45. The van der Waals surface area contributed by atoms with E-state index in [1.807, 2.05) is 24.3 Å². The number of guanidine groups is 1. The third kappa shape index (κ3) is 8.45. The second kappa shape index (κ2) is 11.8. The zero-order valence-electron chi connectivity index (χ0n) is 14.9. The van der Waals surface area contributed by atoms with Crippen LogP contribution in [0.15, 0.2) is 29.3 Å². The van der Waals surface area contributed by atoms with Crippen molar-refractivity contribution >= 4 is 5.96 Å². The quantitative estimate of drug-likeness (QED) is 0.395. The van der Waals surface area contributed by atoms with Crippen LogP contribution in [0.3, 0.4) is 0 Å². The van der Waals surface area contributed by atoms with Crippen molar-refractivity contribution in [2.75, 3.05) is 26.8 Å². The fraction of sp³-hybridized carbons (Fsp3) is 0.611. The maximum atomic E-state index is 5.69. The summed E-state index contributed by atoms with van der Waals surface area (Å²) in [5.74, 6) is 1.75. The number of hydrogen-bond acceptors (Lipinski definition) is 3. The van der Waals surface area contributed by atoms with Crippen molar-refractivity contribution < 1.29 is 9.47 Å².